The molecular formula is C71H141NO11S. The van der Waals surface area contributed by atoms with Crippen molar-refractivity contribution in [2.45, 2.75) is 436 Å². The number of amides is 1. The number of rotatable bonds is 67. The molecular weight excluding hydrogens is 1070 g/mol. The lowest BCUT2D eigenvalue weighted by atomic mass is 9.99. The maximum atomic E-state index is 13.2. The average molecular weight is 1220 g/mol. The van der Waals surface area contributed by atoms with E-state index in [2.05, 4.69) is 23.3 Å². The van der Waals surface area contributed by atoms with Crippen LogP contribution in [0.3, 0.4) is 0 Å². The summed E-state index contributed by atoms with van der Waals surface area (Å²) in [5.41, 5.74) is 0. The van der Waals surface area contributed by atoms with Crippen molar-refractivity contribution >= 4 is 16.3 Å². The Bertz CT molecular complexity index is 1470. The first-order valence-electron chi connectivity index (χ1n) is 36.9. The van der Waals surface area contributed by atoms with E-state index < -0.39 is 59.9 Å². The highest BCUT2D eigenvalue weighted by Gasteiger charge is 2.48. The maximum absolute atomic E-state index is 13.2. The van der Waals surface area contributed by atoms with Gasteiger partial charge in [-0.2, -0.15) is 8.42 Å². The quantitative estimate of drug-likeness (QED) is 0.0251. The molecule has 1 aliphatic heterocycles. The normalized spacial score (nSPS) is 18.2. The molecule has 84 heavy (non-hydrogen) atoms. The Morgan fingerprint density at radius 1 is 0.429 bits per heavy atom. The zero-order valence-corrected chi connectivity index (χ0v) is 56.1. The predicted octanol–water partition coefficient (Wildman–Crippen LogP) is 19.5. The summed E-state index contributed by atoms with van der Waals surface area (Å²) in [5, 5.41) is 45.3. The molecule has 0 aromatic carbocycles. The number of nitrogens with one attached hydrogen (secondary N) is 1. The van der Waals surface area contributed by atoms with Gasteiger partial charge in [0, 0.05) is 6.42 Å². The van der Waals surface area contributed by atoms with Crippen LogP contribution >= 0.6 is 0 Å². The zero-order valence-electron chi connectivity index (χ0n) is 55.3. The van der Waals surface area contributed by atoms with Crippen molar-refractivity contribution in [2.75, 3.05) is 13.2 Å². The molecule has 7 unspecified atom stereocenters. The van der Waals surface area contributed by atoms with Crippen LogP contribution in [-0.2, 0) is 28.9 Å². The SMILES string of the molecule is CCCCCCCCCCCCCCCCCCCCCCCCCCCCCCCCCCCCCCCCCC(=O)NC(COC1OC(CO)C(O)C(OS(=O)(=O)O)C1O)C(O)CCCCCCCCCCCCCCCCCCCC. The highest BCUT2D eigenvalue weighted by Crippen LogP contribution is 2.27. The minimum absolute atomic E-state index is 0.219. The smallest absolute Gasteiger partial charge is 0.394 e. The summed E-state index contributed by atoms with van der Waals surface area (Å²) < 4.78 is 48.1. The average Bonchev–Trinajstić information content (AvgIpc) is 3.65. The van der Waals surface area contributed by atoms with Crippen LogP contribution in [-0.4, -0.2) is 95.4 Å². The molecule has 0 spiro atoms. The summed E-state index contributed by atoms with van der Waals surface area (Å²) in [4.78, 5) is 13.2. The van der Waals surface area contributed by atoms with Crippen LogP contribution in [0.2, 0.25) is 0 Å². The van der Waals surface area contributed by atoms with Gasteiger partial charge in [0.15, 0.2) is 6.29 Å². The molecule has 1 amide bonds. The number of unbranched alkanes of at least 4 members (excludes halogenated alkanes) is 55. The first-order valence-corrected chi connectivity index (χ1v) is 38.3. The summed E-state index contributed by atoms with van der Waals surface area (Å²) in [6.07, 6.45) is 67.4. The number of aliphatic hydroxyl groups is 4. The Morgan fingerprint density at radius 2 is 0.690 bits per heavy atom. The molecule has 6 N–H and O–H groups in total. The van der Waals surface area contributed by atoms with Crippen molar-refractivity contribution in [3.05, 3.63) is 0 Å². The topological polar surface area (TPSA) is 192 Å². The first-order chi connectivity index (χ1) is 41.0. The second kappa shape index (κ2) is 61.0. The Hall–Kier alpha value is -0.900. The summed E-state index contributed by atoms with van der Waals surface area (Å²) >= 11 is 0. The molecule has 0 bridgehead atoms. The second-order valence-corrected chi connectivity index (χ2v) is 27.3. The van der Waals surface area contributed by atoms with E-state index in [-0.39, 0.29) is 12.5 Å². The molecule has 502 valence electrons. The van der Waals surface area contributed by atoms with E-state index in [4.69, 9.17) is 9.47 Å². The van der Waals surface area contributed by atoms with Crippen LogP contribution in [0.4, 0.5) is 0 Å². The Morgan fingerprint density at radius 3 is 0.952 bits per heavy atom. The highest BCUT2D eigenvalue weighted by atomic mass is 32.3. The first kappa shape index (κ1) is 81.1. The molecule has 0 aromatic rings. The lowest BCUT2D eigenvalue weighted by Crippen LogP contribution is -2.61. The second-order valence-electron chi connectivity index (χ2n) is 26.3. The molecule has 0 aromatic heterocycles. The number of carbonyl (C=O) groups excluding carboxylic acids is 1. The fraction of sp³-hybridized carbons (Fsp3) is 0.986. The third-order valence-electron chi connectivity index (χ3n) is 18.2. The summed E-state index contributed by atoms with van der Waals surface area (Å²) in [5.74, 6) is -0.219. The van der Waals surface area contributed by atoms with Crippen LogP contribution in [0.5, 0.6) is 0 Å². The lowest BCUT2D eigenvalue weighted by Gasteiger charge is -2.41. The predicted molar refractivity (Wildman–Crippen MR) is 352 cm³/mol. The molecule has 12 nitrogen and oxygen atoms in total. The molecule has 0 radical (unpaired) electrons. The third kappa shape index (κ3) is 51.9. The third-order valence-corrected chi connectivity index (χ3v) is 18.6. The van der Waals surface area contributed by atoms with Crippen molar-refractivity contribution in [2.24, 2.45) is 0 Å². The van der Waals surface area contributed by atoms with E-state index in [9.17, 15) is 38.2 Å². The van der Waals surface area contributed by atoms with Crippen molar-refractivity contribution in [1.29, 1.82) is 0 Å². The Labute approximate surface area is 519 Å². The number of hydrogen-bond donors (Lipinski definition) is 6. The van der Waals surface area contributed by atoms with Crippen LogP contribution < -0.4 is 5.32 Å². The molecule has 0 saturated carbocycles. The number of aliphatic hydroxyl groups excluding tert-OH is 4. The molecule has 1 aliphatic rings. The Kier molecular flexibility index (Phi) is 58.9. The zero-order chi connectivity index (χ0) is 61.1. The van der Waals surface area contributed by atoms with Gasteiger partial charge in [0.1, 0.15) is 24.4 Å². The highest BCUT2D eigenvalue weighted by molar-refractivity contribution is 7.80. The van der Waals surface area contributed by atoms with E-state index in [1.807, 2.05) is 0 Å². The molecule has 7 atom stereocenters. The maximum Gasteiger partial charge on any atom is 0.397 e. The fourth-order valence-electron chi connectivity index (χ4n) is 12.5. The van der Waals surface area contributed by atoms with Gasteiger partial charge in [0.25, 0.3) is 0 Å². The van der Waals surface area contributed by atoms with Crippen molar-refractivity contribution in [1.82, 2.24) is 5.32 Å². The lowest BCUT2D eigenvalue weighted by molar-refractivity contribution is -0.298. The van der Waals surface area contributed by atoms with Crippen LogP contribution in [0.15, 0.2) is 0 Å². The summed E-state index contributed by atoms with van der Waals surface area (Å²) in [6.45, 7) is 3.53. The van der Waals surface area contributed by atoms with Gasteiger partial charge in [-0.15, -0.1) is 0 Å². The Balaban J connectivity index is 2.12. The molecule has 1 rings (SSSR count). The largest absolute Gasteiger partial charge is 0.397 e. The molecule has 13 heteroatoms. The number of ether oxygens (including phenoxy) is 2. The van der Waals surface area contributed by atoms with Crippen molar-refractivity contribution in [3.8, 4) is 0 Å². The minimum atomic E-state index is -5.08. The van der Waals surface area contributed by atoms with Gasteiger partial charge in [-0.25, -0.2) is 4.18 Å². The van der Waals surface area contributed by atoms with E-state index in [0.717, 1.165) is 51.4 Å². The van der Waals surface area contributed by atoms with E-state index >= 15 is 0 Å². The van der Waals surface area contributed by atoms with Gasteiger partial charge in [0.2, 0.25) is 5.91 Å². The van der Waals surface area contributed by atoms with Crippen LogP contribution in [0.25, 0.3) is 0 Å². The van der Waals surface area contributed by atoms with Gasteiger partial charge in [-0.1, -0.05) is 373 Å². The monoisotopic (exact) mass is 1220 g/mol. The van der Waals surface area contributed by atoms with Gasteiger partial charge in [0.05, 0.1) is 25.4 Å². The van der Waals surface area contributed by atoms with E-state index in [0.29, 0.717) is 12.8 Å². The van der Waals surface area contributed by atoms with Crippen LogP contribution in [0.1, 0.15) is 393 Å². The molecule has 1 heterocycles. The van der Waals surface area contributed by atoms with Crippen molar-refractivity contribution in [3.63, 3.8) is 0 Å². The van der Waals surface area contributed by atoms with E-state index in [1.165, 1.54) is 315 Å². The standard InChI is InChI=1S/C71H141NO11S/c1-3-5-7-9-11-13-15-17-19-21-23-24-25-26-27-28-29-30-31-32-33-34-35-36-37-38-39-40-41-42-43-45-47-49-51-53-55-57-59-61-67(75)72-64(63-81-71-69(77)70(83-84(78,79)80)68(76)66(62-73)82-71)65(74)60-58-56-54-52-50-48-46-44-22-20-18-16-14-12-10-8-6-4-2/h64-66,68-71,73-74,76-77H,3-63H2,1-2H3,(H,72,75)(H,78,79,80). The van der Waals surface area contributed by atoms with Gasteiger partial charge < -0.3 is 35.2 Å². The van der Waals surface area contributed by atoms with E-state index in [1.54, 1.807) is 0 Å². The van der Waals surface area contributed by atoms with Gasteiger partial charge in [-0.3, -0.25) is 9.35 Å². The summed E-state index contributed by atoms with van der Waals surface area (Å²) in [7, 11) is -5.08. The summed E-state index contributed by atoms with van der Waals surface area (Å²) in [6, 6.07) is -0.854. The molecule has 0 aliphatic carbocycles. The van der Waals surface area contributed by atoms with Crippen molar-refractivity contribution < 1.29 is 51.8 Å². The van der Waals surface area contributed by atoms with Gasteiger partial charge in [-0.05, 0) is 12.8 Å². The molecule has 1 saturated heterocycles. The number of hydrogen-bond acceptors (Lipinski definition) is 10. The molecule has 1 fully saturated rings. The van der Waals surface area contributed by atoms with Crippen LogP contribution in [0, 0.1) is 0 Å². The van der Waals surface area contributed by atoms with Gasteiger partial charge >= 0.3 is 10.4 Å². The fourth-order valence-corrected chi connectivity index (χ4v) is 13.0. The minimum Gasteiger partial charge on any atom is -0.394 e. The number of carbonyl (C=O) groups is 1.